The molecule has 1 unspecified atom stereocenters. The zero-order valence-electron chi connectivity index (χ0n) is 17.5. The number of likely N-dealkylation sites (tertiary alicyclic amines) is 1. The maximum absolute atomic E-state index is 13.2. The van der Waals surface area contributed by atoms with E-state index in [0.29, 0.717) is 5.56 Å². The second kappa shape index (κ2) is 9.98. The summed E-state index contributed by atoms with van der Waals surface area (Å²) >= 11 is 0. The number of halogens is 2. The number of rotatable bonds is 3. The van der Waals surface area contributed by atoms with E-state index in [1.54, 1.807) is 6.20 Å². The lowest BCUT2D eigenvalue weighted by Crippen LogP contribution is -2.52. The van der Waals surface area contributed by atoms with Gasteiger partial charge < -0.3 is 14.8 Å². The number of fused-ring (bicyclic) bond motifs is 1. The molecular formula is C23H29Cl2N5O. The highest BCUT2D eigenvalue weighted by atomic mass is 35.5. The van der Waals surface area contributed by atoms with Gasteiger partial charge in [0, 0.05) is 31.2 Å². The lowest BCUT2D eigenvalue weighted by atomic mass is 9.74. The lowest BCUT2D eigenvalue weighted by molar-refractivity contribution is 0.0434. The van der Waals surface area contributed by atoms with Gasteiger partial charge in [-0.1, -0.05) is 30.3 Å². The maximum atomic E-state index is 13.2. The molecule has 3 aromatic rings. The van der Waals surface area contributed by atoms with Crippen LogP contribution in [0.25, 0.3) is 11.2 Å². The number of piperidine rings is 2. The largest absolute Gasteiger partial charge is 0.338 e. The number of amides is 1. The summed E-state index contributed by atoms with van der Waals surface area (Å²) in [6.07, 6.45) is 8.23. The van der Waals surface area contributed by atoms with Gasteiger partial charge in [-0.15, -0.1) is 24.8 Å². The molecule has 4 heterocycles. The third-order valence-corrected chi connectivity index (χ3v) is 6.41. The number of pyridine rings is 1. The standard InChI is InChI=1S/C23H27N5O.2ClH/c29-22(27-11-5-9-23(16-27)8-4-10-24-15-23)19-12-20-21(25-13-19)28(17-26-20)14-18-6-2-1-3-7-18;;/h1-3,6-7,12-13,17,24H,4-5,8-11,14-16H2;2*1H. The van der Waals surface area contributed by atoms with Gasteiger partial charge in [-0.25, -0.2) is 9.97 Å². The number of benzene rings is 1. The Labute approximate surface area is 195 Å². The first kappa shape index (κ1) is 23.5. The fourth-order valence-corrected chi connectivity index (χ4v) is 4.90. The van der Waals surface area contributed by atoms with E-state index >= 15 is 0 Å². The first-order valence-corrected chi connectivity index (χ1v) is 10.6. The van der Waals surface area contributed by atoms with Gasteiger partial charge in [0.1, 0.15) is 5.52 Å². The summed E-state index contributed by atoms with van der Waals surface area (Å²) in [4.78, 5) is 24.3. The van der Waals surface area contributed by atoms with Crippen molar-refractivity contribution in [1.82, 2.24) is 24.8 Å². The van der Waals surface area contributed by atoms with Gasteiger partial charge in [0.2, 0.25) is 0 Å². The van der Waals surface area contributed by atoms with Crippen molar-refractivity contribution in [1.29, 1.82) is 0 Å². The summed E-state index contributed by atoms with van der Waals surface area (Å²) < 4.78 is 2.03. The van der Waals surface area contributed by atoms with Crippen molar-refractivity contribution in [2.45, 2.75) is 32.2 Å². The highest BCUT2D eigenvalue weighted by Crippen LogP contribution is 2.36. The van der Waals surface area contributed by atoms with Crippen LogP contribution in [0, 0.1) is 5.41 Å². The molecule has 2 aliphatic heterocycles. The van der Waals surface area contributed by atoms with Crippen molar-refractivity contribution < 1.29 is 4.79 Å². The zero-order chi connectivity index (χ0) is 19.7. The van der Waals surface area contributed by atoms with E-state index in [4.69, 9.17) is 0 Å². The number of hydrogen-bond donors (Lipinski definition) is 1. The third-order valence-electron chi connectivity index (χ3n) is 6.41. The molecule has 1 aromatic carbocycles. The van der Waals surface area contributed by atoms with Crippen LogP contribution in [0.3, 0.4) is 0 Å². The average Bonchev–Trinajstić information content (AvgIpc) is 3.16. The molecule has 166 valence electrons. The smallest absolute Gasteiger partial charge is 0.255 e. The highest BCUT2D eigenvalue weighted by Gasteiger charge is 2.38. The molecule has 2 saturated heterocycles. The maximum Gasteiger partial charge on any atom is 0.255 e. The number of imidazole rings is 1. The molecule has 0 bridgehead atoms. The van der Waals surface area contributed by atoms with Crippen LogP contribution in [0.15, 0.2) is 48.9 Å². The lowest BCUT2D eigenvalue weighted by Gasteiger charge is -2.45. The SMILES string of the molecule is Cl.Cl.O=C(c1cnc2c(c1)ncn2Cc1ccccc1)N1CCCC2(CCCNC2)C1. The minimum absolute atomic E-state index is 0. The first-order valence-electron chi connectivity index (χ1n) is 10.6. The van der Waals surface area contributed by atoms with Gasteiger partial charge in [-0.2, -0.15) is 0 Å². The van der Waals surface area contributed by atoms with Gasteiger partial charge in [-0.05, 0) is 43.9 Å². The van der Waals surface area contributed by atoms with Gasteiger partial charge in [0.05, 0.1) is 18.4 Å². The van der Waals surface area contributed by atoms with Gasteiger partial charge >= 0.3 is 0 Å². The molecule has 0 radical (unpaired) electrons. The van der Waals surface area contributed by atoms with Crippen LogP contribution >= 0.6 is 24.8 Å². The van der Waals surface area contributed by atoms with Gasteiger partial charge in [-0.3, -0.25) is 4.79 Å². The fourth-order valence-electron chi connectivity index (χ4n) is 4.90. The van der Waals surface area contributed by atoms with Crippen LogP contribution in [-0.2, 0) is 6.54 Å². The van der Waals surface area contributed by atoms with Crippen LogP contribution in [-0.4, -0.2) is 51.5 Å². The molecule has 0 saturated carbocycles. The predicted molar refractivity (Wildman–Crippen MR) is 127 cm³/mol. The molecule has 5 rings (SSSR count). The van der Waals surface area contributed by atoms with E-state index in [0.717, 1.165) is 50.3 Å². The van der Waals surface area contributed by atoms with Crippen LogP contribution in [0.2, 0.25) is 0 Å². The molecule has 1 amide bonds. The van der Waals surface area contributed by atoms with Gasteiger partial charge in [0.25, 0.3) is 5.91 Å². The summed E-state index contributed by atoms with van der Waals surface area (Å²) in [5.74, 6) is 0.0849. The number of carbonyl (C=O) groups excluding carboxylic acids is 1. The third kappa shape index (κ3) is 4.86. The first-order chi connectivity index (χ1) is 14.2. The van der Waals surface area contributed by atoms with Crippen molar-refractivity contribution in [2.24, 2.45) is 5.41 Å². The Kier molecular flexibility index (Phi) is 7.57. The molecule has 2 aromatic heterocycles. The molecule has 31 heavy (non-hydrogen) atoms. The van der Waals surface area contributed by atoms with Crippen molar-refractivity contribution in [3.05, 3.63) is 60.0 Å². The monoisotopic (exact) mass is 461 g/mol. The molecule has 2 fully saturated rings. The van der Waals surface area contributed by atoms with E-state index < -0.39 is 0 Å². The van der Waals surface area contributed by atoms with E-state index in [1.165, 1.54) is 24.8 Å². The molecule has 6 nitrogen and oxygen atoms in total. The average molecular weight is 462 g/mol. The van der Waals surface area contributed by atoms with E-state index in [1.807, 2.05) is 40.1 Å². The molecule has 1 spiro atoms. The second-order valence-electron chi connectivity index (χ2n) is 8.54. The normalized spacial score (nSPS) is 20.8. The number of aromatic nitrogens is 3. The summed E-state index contributed by atoms with van der Waals surface area (Å²) in [5, 5.41) is 3.53. The van der Waals surface area contributed by atoms with Crippen molar-refractivity contribution in [3.63, 3.8) is 0 Å². The summed E-state index contributed by atoms with van der Waals surface area (Å²) in [6, 6.07) is 12.2. The van der Waals surface area contributed by atoms with E-state index in [2.05, 4.69) is 27.4 Å². The molecular weight excluding hydrogens is 433 g/mol. The van der Waals surface area contributed by atoms with Crippen molar-refractivity contribution >= 4 is 41.9 Å². The topological polar surface area (TPSA) is 63.1 Å². The Hall–Kier alpha value is -2.15. The van der Waals surface area contributed by atoms with Crippen LogP contribution in [0.1, 0.15) is 41.6 Å². The summed E-state index contributed by atoms with van der Waals surface area (Å²) in [5.41, 5.74) is 3.69. The number of carbonyl (C=O) groups is 1. The van der Waals surface area contributed by atoms with Crippen molar-refractivity contribution in [3.8, 4) is 0 Å². The van der Waals surface area contributed by atoms with Crippen LogP contribution in [0.4, 0.5) is 0 Å². The molecule has 2 aliphatic rings. The molecule has 0 aliphatic carbocycles. The Bertz CT molecular complexity index is 1010. The zero-order valence-corrected chi connectivity index (χ0v) is 19.1. The fraction of sp³-hybridized carbons (Fsp3) is 0.435. The Morgan fingerprint density at radius 2 is 1.90 bits per heavy atom. The Balaban J connectivity index is 0.00000136. The molecule has 8 heteroatoms. The summed E-state index contributed by atoms with van der Waals surface area (Å²) in [6.45, 7) is 4.53. The van der Waals surface area contributed by atoms with Crippen molar-refractivity contribution in [2.75, 3.05) is 26.2 Å². The van der Waals surface area contributed by atoms with E-state index in [9.17, 15) is 4.79 Å². The quantitative estimate of drug-likeness (QED) is 0.641. The Morgan fingerprint density at radius 1 is 1.10 bits per heavy atom. The number of hydrogen-bond acceptors (Lipinski definition) is 4. The minimum Gasteiger partial charge on any atom is -0.338 e. The molecule has 1 atom stereocenters. The van der Waals surface area contributed by atoms with Crippen LogP contribution < -0.4 is 5.32 Å². The predicted octanol–water partition coefficient (Wildman–Crippen LogP) is 3.93. The Morgan fingerprint density at radius 3 is 2.68 bits per heavy atom. The second-order valence-corrected chi connectivity index (χ2v) is 8.54. The van der Waals surface area contributed by atoms with Crippen LogP contribution in [0.5, 0.6) is 0 Å². The summed E-state index contributed by atoms with van der Waals surface area (Å²) in [7, 11) is 0. The minimum atomic E-state index is 0. The molecule has 1 N–H and O–H groups in total. The number of nitrogens with zero attached hydrogens (tertiary/aromatic N) is 4. The van der Waals surface area contributed by atoms with Gasteiger partial charge in [0.15, 0.2) is 5.65 Å². The number of nitrogens with one attached hydrogen (secondary N) is 1. The van der Waals surface area contributed by atoms with E-state index in [-0.39, 0.29) is 36.1 Å². The highest BCUT2D eigenvalue weighted by molar-refractivity contribution is 5.96.